The van der Waals surface area contributed by atoms with Gasteiger partial charge in [-0.15, -0.1) is 0 Å². The molecule has 9 nitrogen and oxygen atoms in total. The van der Waals surface area contributed by atoms with Crippen molar-refractivity contribution in [2.24, 2.45) is 9.98 Å². The van der Waals surface area contributed by atoms with Gasteiger partial charge in [0.2, 0.25) is 5.95 Å². The summed E-state index contributed by atoms with van der Waals surface area (Å²) in [6.45, 7) is 7.30. The van der Waals surface area contributed by atoms with Gasteiger partial charge in [-0.3, -0.25) is 9.98 Å². The van der Waals surface area contributed by atoms with Gasteiger partial charge in [0.1, 0.15) is 5.82 Å². The van der Waals surface area contributed by atoms with Gasteiger partial charge >= 0.3 is 0 Å². The third-order valence-corrected chi connectivity index (χ3v) is 5.14. The Kier molecular flexibility index (Phi) is 10.6. The normalized spacial score (nSPS) is 13.9. The van der Waals surface area contributed by atoms with E-state index in [1.54, 1.807) is 38.0 Å². The number of aliphatic imine (C=N–C) groups is 2. The van der Waals surface area contributed by atoms with Crippen molar-refractivity contribution in [1.82, 2.24) is 20.3 Å². The molecule has 0 bridgehead atoms. The second-order valence-electron chi connectivity index (χ2n) is 7.77. The zero-order valence-corrected chi connectivity index (χ0v) is 20.4. The Morgan fingerprint density at radius 1 is 1.17 bits per heavy atom. The third-order valence-electron chi connectivity index (χ3n) is 5.14. The summed E-state index contributed by atoms with van der Waals surface area (Å²) in [6.07, 6.45) is 14.5. The Morgan fingerprint density at radius 2 is 1.91 bits per heavy atom. The highest BCUT2D eigenvalue weighted by Gasteiger charge is 2.12. The van der Waals surface area contributed by atoms with Crippen molar-refractivity contribution in [2.75, 3.05) is 56.7 Å². The highest BCUT2D eigenvalue weighted by molar-refractivity contribution is 5.72. The number of methoxy groups -OCH3 is 1. The van der Waals surface area contributed by atoms with Crippen LogP contribution in [0.1, 0.15) is 24.0 Å². The molecule has 1 fully saturated rings. The molecular weight excluding hydrogens is 440 g/mol. The molecule has 1 saturated heterocycles. The van der Waals surface area contributed by atoms with Crippen molar-refractivity contribution >= 4 is 24.7 Å². The Hall–Kier alpha value is -3.87. The van der Waals surface area contributed by atoms with E-state index in [0.717, 1.165) is 42.3 Å². The standard InChI is InChI=1S/C26H32N8O/c1-27-11-6-12-29-24(21-35-3)20-34(16-13-28-2)26-31-18-23(19-32-26)8-7-22-9-10-25(30-17-22)33-14-4-5-15-33/h6,9-12,17-20,28H,1,4-5,13-16,21H2,2-3H3/b11-6-,24-20-,29-12-. The molecule has 182 valence electrons. The average Bonchev–Trinajstić information content (AvgIpc) is 3.43. The molecular formula is C26H32N8O. The fourth-order valence-electron chi connectivity index (χ4n) is 3.40. The highest BCUT2D eigenvalue weighted by Crippen LogP contribution is 2.17. The minimum atomic E-state index is 0.343. The summed E-state index contributed by atoms with van der Waals surface area (Å²) in [6, 6.07) is 4.04. The van der Waals surface area contributed by atoms with E-state index in [1.807, 2.05) is 36.5 Å². The van der Waals surface area contributed by atoms with Gasteiger partial charge < -0.3 is 19.9 Å². The predicted octanol–water partition coefficient (Wildman–Crippen LogP) is 2.67. The number of ether oxygens (including phenoxy) is 1. The van der Waals surface area contributed by atoms with Gasteiger partial charge in [0, 0.05) is 76.1 Å². The van der Waals surface area contributed by atoms with E-state index < -0.39 is 0 Å². The largest absolute Gasteiger partial charge is 0.378 e. The maximum Gasteiger partial charge on any atom is 0.229 e. The molecule has 0 radical (unpaired) electrons. The van der Waals surface area contributed by atoms with Crippen LogP contribution >= 0.6 is 0 Å². The third kappa shape index (κ3) is 8.45. The maximum absolute atomic E-state index is 5.28. The summed E-state index contributed by atoms with van der Waals surface area (Å²) in [7, 11) is 3.52. The maximum atomic E-state index is 5.28. The number of hydrogen-bond acceptors (Lipinski definition) is 9. The van der Waals surface area contributed by atoms with Crippen LogP contribution in [0.5, 0.6) is 0 Å². The van der Waals surface area contributed by atoms with Crippen molar-refractivity contribution in [2.45, 2.75) is 12.8 Å². The Bertz CT molecular complexity index is 1080. The smallest absolute Gasteiger partial charge is 0.229 e. The topological polar surface area (TPSA) is 91.1 Å². The van der Waals surface area contributed by atoms with Gasteiger partial charge in [0.15, 0.2) is 0 Å². The predicted molar refractivity (Wildman–Crippen MR) is 142 cm³/mol. The van der Waals surface area contributed by atoms with Gasteiger partial charge in [-0.25, -0.2) is 15.0 Å². The van der Waals surface area contributed by atoms with Crippen LogP contribution in [0.3, 0.4) is 0 Å². The molecule has 3 rings (SSSR count). The molecule has 9 heteroatoms. The summed E-state index contributed by atoms with van der Waals surface area (Å²) in [4.78, 5) is 25.9. The second kappa shape index (κ2) is 14.4. The molecule has 0 aromatic carbocycles. The second-order valence-corrected chi connectivity index (χ2v) is 7.77. The minimum Gasteiger partial charge on any atom is -0.378 e. The molecule has 35 heavy (non-hydrogen) atoms. The number of allylic oxidation sites excluding steroid dienone is 1. The SMILES string of the molecule is C=N\C=C/C=N\C(=C/N(CCNC)c1ncc(C#Cc2ccc(N3CCCC3)nc2)cn1)COC. The molecule has 2 aromatic heterocycles. The average molecular weight is 473 g/mol. The molecule has 0 amide bonds. The van der Waals surface area contributed by atoms with Crippen molar-refractivity contribution in [3.8, 4) is 11.8 Å². The lowest BCUT2D eigenvalue weighted by Gasteiger charge is -2.19. The zero-order valence-electron chi connectivity index (χ0n) is 20.4. The van der Waals surface area contributed by atoms with E-state index in [-0.39, 0.29) is 0 Å². The van der Waals surface area contributed by atoms with Crippen LogP contribution in [-0.2, 0) is 4.74 Å². The quantitative estimate of drug-likeness (QED) is 0.397. The summed E-state index contributed by atoms with van der Waals surface area (Å²) < 4.78 is 5.28. The number of rotatable bonds is 11. The first-order chi connectivity index (χ1) is 17.2. The number of nitrogens with one attached hydrogen (secondary N) is 1. The van der Waals surface area contributed by atoms with Crippen LogP contribution in [0.15, 0.2) is 64.9 Å². The fraction of sp³-hybridized carbons (Fsp3) is 0.346. The monoisotopic (exact) mass is 472 g/mol. The molecule has 1 aliphatic rings. The van der Waals surface area contributed by atoms with Crippen LogP contribution in [0, 0.1) is 11.8 Å². The molecule has 3 heterocycles. The zero-order chi connectivity index (χ0) is 24.7. The van der Waals surface area contributed by atoms with E-state index in [2.05, 4.69) is 53.7 Å². The lowest BCUT2D eigenvalue weighted by atomic mass is 10.2. The molecule has 0 aliphatic carbocycles. The van der Waals surface area contributed by atoms with Crippen LogP contribution in [0.4, 0.5) is 11.8 Å². The summed E-state index contributed by atoms with van der Waals surface area (Å²) in [5, 5.41) is 3.15. The van der Waals surface area contributed by atoms with Crippen LogP contribution < -0.4 is 15.1 Å². The van der Waals surface area contributed by atoms with E-state index in [9.17, 15) is 0 Å². The molecule has 0 spiro atoms. The van der Waals surface area contributed by atoms with Crippen molar-refractivity contribution in [1.29, 1.82) is 0 Å². The number of anilines is 2. The van der Waals surface area contributed by atoms with E-state index in [4.69, 9.17) is 4.74 Å². The number of nitrogens with zero attached hydrogens (tertiary/aromatic N) is 7. The first-order valence-corrected chi connectivity index (χ1v) is 11.5. The van der Waals surface area contributed by atoms with Crippen LogP contribution in [-0.4, -0.2) is 74.8 Å². The number of aromatic nitrogens is 3. The summed E-state index contributed by atoms with van der Waals surface area (Å²) in [5.74, 6) is 7.83. The van der Waals surface area contributed by atoms with Crippen molar-refractivity contribution in [3.63, 3.8) is 0 Å². The first kappa shape index (κ1) is 25.7. The lowest BCUT2D eigenvalue weighted by molar-refractivity contribution is 0.224. The van der Waals surface area contributed by atoms with Gasteiger partial charge in [0.05, 0.1) is 17.9 Å². The Morgan fingerprint density at radius 3 is 2.57 bits per heavy atom. The van der Waals surface area contributed by atoms with Gasteiger partial charge in [-0.1, -0.05) is 11.8 Å². The molecule has 0 unspecified atom stereocenters. The number of hydrogen-bond donors (Lipinski definition) is 1. The Balaban J connectivity index is 1.72. The van der Waals surface area contributed by atoms with E-state index >= 15 is 0 Å². The van der Waals surface area contributed by atoms with Gasteiger partial charge in [-0.05, 0) is 44.8 Å². The molecule has 1 aliphatic heterocycles. The number of pyridine rings is 1. The summed E-state index contributed by atoms with van der Waals surface area (Å²) in [5.41, 5.74) is 2.31. The summed E-state index contributed by atoms with van der Waals surface area (Å²) >= 11 is 0. The molecule has 2 aromatic rings. The van der Waals surface area contributed by atoms with Gasteiger partial charge in [0.25, 0.3) is 0 Å². The molecule has 0 atom stereocenters. The number of likely N-dealkylation sites (N-methyl/N-ethyl adjacent to an activating group) is 1. The minimum absolute atomic E-state index is 0.343. The van der Waals surface area contributed by atoms with E-state index in [1.165, 1.54) is 12.8 Å². The van der Waals surface area contributed by atoms with Crippen LogP contribution in [0.2, 0.25) is 0 Å². The highest BCUT2D eigenvalue weighted by atomic mass is 16.5. The molecule has 1 N–H and O–H groups in total. The van der Waals surface area contributed by atoms with Crippen molar-refractivity contribution < 1.29 is 4.74 Å². The first-order valence-electron chi connectivity index (χ1n) is 11.5. The van der Waals surface area contributed by atoms with E-state index in [0.29, 0.717) is 19.1 Å². The lowest BCUT2D eigenvalue weighted by Crippen LogP contribution is -2.28. The molecule has 0 saturated carbocycles. The van der Waals surface area contributed by atoms with Crippen molar-refractivity contribution in [3.05, 3.63) is 66.0 Å². The van der Waals surface area contributed by atoms with Gasteiger partial charge in [-0.2, -0.15) is 0 Å². The fourth-order valence-corrected chi connectivity index (χ4v) is 3.40. The Labute approximate surface area is 207 Å². The van der Waals surface area contributed by atoms with Crippen LogP contribution in [0.25, 0.3) is 0 Å².